The van der Waals surface area contributed by atoms with E-state index in [1.165, 1.54) is 31.5 Å². The van der Waals surface area contributed by atoms with Gasteiger partial charge in [0.2, 0.25) is 5.88 Å². The number of fused-ring (bicyclic) bond motifs is 2. The van der Waals surface area contributed by atoms with Gasteiger partial charge in [-0.3, -0.25) is 9.69 Å². The fraction of sp³-hybridized carbons (Fsp3) is 0.455. The standard InChI is InChI=1S/C22H25N3O2/c1-27-19-13-17(7-10-23-19)22(26)25-14-18(15-5-3-2-4-6-15)21-20(25)16-8-11-24(21)12-9-16/h2-7,10,13,16,18,20-21H,8-9,11-12,14H2,1H3/t18-,20+,21+/m1/s1. The van der Waals surface area contributed by atoms with E-state index in [-0.39, 0.29) is 5.91 Å². The second-order valence-corrected chi connectivity index (χ2v) is 7.92. The minimum Gasteiger partial charge on any atom is -0.481 e. The molecular formula is C22H25N3O2. The summed E-state index contributed by atoms with van der Waals surface area (Å²) in [6.45, 7) is 3.12. The Hall–Kier alpha value is -2.40. The third-order valence-corrected chi connectivity index (χ3v) is 6.67. The van der Waals surface area contributed by atoms with Crippen LogP contribution < -0.4 is 4.74 Å². The van der Waals surface area contributed by atoms with Gasteiger partial charge in [0.1, 0.15) is 0 Å². The summed E-state index contributed by atoms with van der Waals surface area (Å²) < 4.78 is 5.22. The van der Waals surface area contributed by atoms with E-state index in [0.29, 0.717) is 35.4 Å². The van der Waals surface area contributed by atoms with Gasteiger partial charge >= 0.3 is 0 Å². The molecule has 4 saturated heterocycles. The maximum absolute atomic E-state index is 13.4. The molecule has 27 heavy (non-hydrogen) atoms. The van der Waals surface area contributed by atoms with Gasteiger partial charge in [-0.15, -0.1) is 0 Å². The number of rotatable bonds is 3. The third kappa shape index (κ3) is 2.72. The van der Waals surface area contributed by atoms with Crippen LogP contribution in [0.25, 0.3) is 0 Å². The Morgan fingerprint density at radius 2 is 1.89 bits per heavy atom. The average Bonchev–Trinajstić information content (AvgIpc) is 3.17. The van der Waals surface area contributed by atoms with Crippen LogP contribution in [0.5, 0.6) is 5.88 Å². The Labute approximate surface area is 159 Å². The van der Waals surface area contributed by atoms with Crippen LogP contribution in [0, 0.1) is 5.92 Å². The van der Waals surface area contributed by atoms with Crippen molar-refractivity contribution in [2.75, 3.05) is 26.7 Å². The zero-order valence-corrected chi connectivity index (χ0v) is 15.6. The number of carbonyl (C=O) groups excluding carboxylic acids is 1. The van der Waals surface area contributed by atoms with E-state index in [0.717, 1.165) is 6.54 Å². The summed E-state index contributed by atoms with van der Waals surface area (Å²) in [5.74, 6) is 1.59. The molecule has 0 spiro atoms. The molecule has 5 heteroatoms. The van der Waals surface area contributed by atoms with Crippen molar-refractivity contribution < 1.29 is 9.53 Å². The summed E-state index contributed by atoms with van der Waals surface area (Å²) in [6, 6.07) is 15.0. The van der Waals surface area contributed by atoms with Crippen molar-refractivity contribution in [2.24, 2.45) is 5.92 Å². The van der Waals surface area contributed by atoms with Crippen molar-refractivity contribution in [1.82, 2.24) is 14.8 Å². The lowest BCUT2D eigenvalue weighted by Gasteiger charge is -2.51. The number of nitrogens with zero attached hydrogens (tertiary/aromatic N) is 3. The number of pyridine rings is 1. The zero-order valence-electron chi connectivity index (χ0n) is 15.6. The van der Waals surface area contributed by atoms with Crippen molar-refractivity contribution in [2.45, 2.75) is 30.8 Å². The largest absolute Gasteiger partial charge is 0.481 e. The second kappa shape index (κ2) is 6.64. The molecule has 1 aromatic carbocycles. The van der Waals surface area contributed by atoms with Gasteiger partial charge in [0.15, 0.2) is 0 Å². The lowest BCUT2D eigenvalue weighted by molar-refractivity contribution is -0.00341. The quantitative estimate of drug-likeness (QED) is 0.841. The summed E-state index contributed by atoms with van der Waals surface area (Å²) in [7, 11) is 1.58. The summed E-state index contributed by atoms with van der Waals surface area (Å²) in [4.78, 5) is 22.4. The average molecular weight is 363 g/mol. The Balaban J connectivity index is 1.51. The molecule has 4 aliphatic heterocycles. The molecule has 1 amide bonds. The van der Waals surface area contributed by atoms with Crippen molar-refractivity contribution in [3.8, 4) is 5.88 Å². The van der Waals surface area contributed by atoms with E-state index in [1.807, 2.05) is 0 Å². The number of amides is 1. The fourth-order valence-corrected chi connectivity index (χ4v) is 5.47. The molecule has 6 rings (SSSR count). The van der Waals surface area contributed by atoms with E-state index in [2.05, 4.69) is 45.1 Å². The number of piperidine rings is 3. The number of benzene rings is 1. The van der Waals surface area contributed by atoms with Crippen LogP contribution in [-0.2, 0) is 0 Å². The Morgan fingerprint density at radius 1 is 1.11 bits per heavy atom. The number of carbonyl (C=O) groups is 1. The molecule has 0 aliphatic carbocycles. The first-order valence-corrected chi connectivity index (χ1v) is 9.86. The zero-order chi connectivity index (χ0) is 18.4. The van der Waals surface area contributed by atoms with E-state index in [4.69, 9.17) is 4.74 Å². The van der Waals surface area contributed by atoms with Gasteiger partial charge in [-0.05, 0) is 43.5 Å². The van der Waals surface area contributed by atoms with Crippen LogP contribution in [0.4, 0.5) is 0 Å². The van der Waals surface area contributed by atoms with Gasteiger partial charge < -0.3 is 9.64 Å². The predicted octanol–water partition coefficient (Wildman–Crippen LogP) is 2.79. The lowest BCUT2D eigenvalue weighted by Crippen LogP contribution is -2.60. The molecule has 5 heterocycles. The van der Waals surface area contributed by atoms with Gasteiger partial charge in [-0.25, -0.2) is 4.98 Å². The van der Waals surface area contributed by atoms with Crippen LogP contribution in [0.1, 0.15) is 34.7 Å². The van der Waals surface area contributed by atoms with Gasteiger partial charge in [-0.1, -0.05) is 30.3 Å². The Bertz CT molecular complexity index is 832. The minimum atomic E-state index is 0.109. The minimum absolute atomic E-state index is 0.109. The van der Waals surface area contributed by atoms with E-state index in [9.17, 15) is 4.79 Å². The van der Waals surface area contributed by atoms with Crippen molar-refractivity contribution in [1.29, 1.82) is 0 Å². The molecule has 0 unspecified atom stereocenters. The fourth-order valence-electron chi connectivity index (χ4n) is 5.47. The van der Waals surface area contributed by atoms with Crippen LogP contribution >= 0.6 is 0 Å². The summed E-state index contributed by atoms with van der Waals surface area (Å²) >= 11 is 0. The molecule has 1 aromatic heterocycles. The van der Waals surface area contributed by atoms with Crippen molar-refractivity contribution in [3.05, 3.63) is 59.8 Å². The molecule has 4 aliphatic rings. The van der Waals surface area contributed by atoms with Crippen LogP contribution in [0.2, 0.25) is 0 Å². The number of methoxy groups -OCH3 is 1. The smallest absolute Gasteiger partial charge is 0.254 e. The molecule has 0 saturated carbocycles. The summed E-state index contributed by atoms with van der Waals surface area (Å²) in [5, 5.41) is 0. The summed E-state index contributed by atoms with van der Waals surface area (Å²) in [6.07, 6.45) is 4.06. The number of hydrogen-bond donors (Lipinski definition) is 0. The molecule has 5 nitrogen and oxygen atoms in total. The topological polar surface area (TPSA) is 45.7 Å². The first-order valence-electron chi connectivity index (χ1n) is 9.86. The maximum Gasteiger partial charge on any atom is 0.254 e. The highest BCUT2D eigenvalue weighted by atomic mass is 16.5. The highest BCUT2D eigenvalue weighted by molar-refractivity contribution is 5.95. The van der Waals surface area contributed by atoms with E-state index in [1.54, 1.807) is 25.4 Å². The molecular weight excluding hydrogens is 338 g/mol. The van der Waals surface area contributed by atoms with Crippen LogP contribution in [0.3, 0.4) is 0 Å². The Kier molecular flexibility index (Phi) is 4.12. The maximum atomic E-state index is 13.4. The molecule has 2 aromatic rings. The number of hydrogen-bond acceptors (Lipinski definition) is 4. The normalized spacial score (nSPS) is 31.6. The molecule has 2 bridgehead atoms. The monoisotopic (exact) mass is 363 g/mol. The van der Waals surface area contributed by atoms with Gasteiger partial charge in [0.05, 0.1) is 13.2 Å². The predicted molar refractivity (Wildman–Crippen MR) is 103 cm³/mol. The first-order chi connectivity index (χ1) is 13.3. The van der Waals surface area contributed by atoms with Crippen LogP contribution in [0.15, 0.2) is 48.7 Å². The molecule has 0 radical (unpaired) electrons. The van der Waals surface area contributed by atoms with Crippen molar-refractivity contribution in [3.63, 3.8) is 0 Å². The highest BCUT2D eigenvalue weighted by Crippen LogP contribution is 2.46. The third-order valence-electron chi connectivity index (χ3n) is 6.67. The second-order valence-electron chi connectivity index (χ2n) is 7.92. The van der Waals surface area contributed by atoms with Crippen LogP contribution in [-0.4, -0.2) is 59.5 Å². The molecule has 140 valence electrons. The van der Waals surface area contributed by atoms with Crippen molar-refractivity contribution >= 4 is 5.91 Å². The molecule has 4 fully saturated rings. The lowest BCUT2D eigenvalue weighted by atomic mass is 9.75. The SMILES string of the molecule is COc1cc(C(=O)N2C[C@H](c3ccccc3)[C@H]3[C@@H]2C2CCN3CC2)ccn1. The Morgan fingerprint density at radius 3 is 2.63 bits per heavy atom. The summed E-state index contributed by atoms with van der Waals surface area (Å²) in [5.41, 5.74) is 2.02. The number of ether oxygens (including phenoxy) is 1. The van der Waals surface area contributed by atoms with Gasteiger partial charge in [0.25, 0.3) is 5.91 Å². The van der Waals surface area contributed by atoms with Gasteiger partial charge in [0, 0.05) is 36.3 Å². The number of aromatic nitrogens is 1. The number of likely N-dealkylation sites (tertiary alicyclic amines) is 1. The first kappa shape index (κ1) is 16.8. The molecule has 3 atom stereocenters. The highest BCUT2D eigenvalue weighted by Gasteiger charge is 2.54. The van der Waals surface area contributed by atoms with Gasteiger partial charge in [-0.2, -0.15) is 0 Å². The van der Waals surface area contributed by atoms with E-state index < -0.39 is 0 Å². The van der Waals surface area contributed by atoms with E-state index >= 15 is 0 Å². The molecule has 0 N–H and O–H groups in total.